The van der Waals surface area contributed by atoms with Crippen LogP contribution in [0.5, 0.6) is 0 Å². The maximum absolute atomic E-state index is 13.2. The highest BCUT2D eigenvalue weighted by molar-refractivity contribution is 5.99. The summed E-state index contributed by atoms with van der Waals surface area (Å²) in [5.41, 5.74) is 0.892. The summed E-state index contributed by atoms with van der Waals surface area (Å²) in [5, 5.41) is 9.71. The predicted molar refractivity (Wildman–Crippen MR) is 101 cm³/mol. The number of amides is 1. The van der Waals surface area contributed by atoms with Gasteiger partial charge in [0.2, 0.25) is 5.92 Å². The van der Waals surface area contributed by atoms with Crippen molar-refractivity contribution in [3.63, 3.8) is 0 Å². The van der Waals surface area contributed by atoms with Crippen molar-refractivity contribution in [2.24, 2.45) is 11.3 Å². The highest BCUT2D eigenvalue weighted by atomic mass is 19.3. The normalized spacial score (nSPS) is 20.5. The molecule has 3 heterocycles. The average Bonchev–Trinajstić information content (AvgIpc) is 2.73. The number of carbonyl (C=O) groups excluding carboxylic acids is 1. The lowest BCUT2D eigenvalue weighted by molar-refractivity contribution is -0.119. The van der Waals surface area contributed by atoms with Crippen LogP contribution in [0.3, 0.4) is 0 Å². The minimum atomic E-state index is -2.57. The van der Waals surface area contributed by atoms with Crippen LogP contribution in [0.4, 0.5) is 8.78 Å². The third-order valence-corrected chi connectivity index (χ3v) is 5.96. The molecule has 0 N–H and O–H groups in total. The van der Waals surface area contributed by atoms with Crippen molar-refractivity contribution in [2.45, 2.75) is 38.0 Å². The minimum Gasteiger partial charge on any atom is -0.338 e. The fourth-order valence-electron chi connectivity index (χ4n) is 4.36. The number of halogens is 2. The van der Waals surface area contributed by atoms with Crippen molar-refractivity contribution in [1.82, 2.24) is 19.9 Å². The van der Waals surface area contributed by atoms with Gasteiger partial charge in [0.1, 0.15) is 12.0 Å². The second kappa shape index (κ2) is 7.47. The molecule has 8 heteroatoms. The lowest BCUT2D eigenvalue weighted by atomic mass is 9.67. The number of carbonyl (C=O) groups is 1. The van der Waals surface area contributed by atoms with E-state index in [0.717, 1.165) is 0 Å². The standard InChI is InChI=1S/C21H21F2N5O/c22-21(23)11-15(12-21)10-20(13-24)4-8-28(9-5-20)19(29)16-2-1-6-26-18(16)17-3-7-25-14-27-17/h1-3,6-7,14-15H,4-5,8-12H2. The third kappa shape index (κ3) is 3.95. The first-order valence-corrected chi connectivity index (χ1v) is 9.71. The number of rotatable bonds is 4. The lowest BCUT2D eigenvalue weighted by Crippen LogP contribution is -2.45. The van der Waals surface area contributed by atoms with Gasteiger partial charge in [0.25, 0.3) is 5.91 Å². The summed E-state index contributed by atoms with van der Waals surface area (Å²) in [6.07, 6.45) is 5.84. The molecular weight excluding hydrogens is 376 g/mol. The number of nitriles is 1. The van der Waals surface area contributed by atoms with Crippen molar-refractivity contribution in [3.8, 4) is 17.5 Å². The fraction of sp³-hybridized carbons (Fsp3) is 0.476. The number of alkyl halides is 2. The molecule has 1 saturated heterocycles. The number of aromatic nitrogens is 3. The SMILES string of the molecule is N#CC1(CC2CC(F)(F)C2)CCN(C(=O)c2cccnc2-c2ccncn2)CC1. The zero-order valence-corrected chi connectivity index (χ0v) is 15.9. The molecule has 2 aromatic heterocycles. The Morgan fingerprint density at radius 1 is 1.21 bits per heavy atom. The molecule has 0 unspecified atom stereocenters. The summed E-state index contributed by atoms with van der Waals surface area (Å²) in [5.74, 6) is -2.83. The Labute approximate surface area is 167 Å². The number of likely N-dealkylation sites (tertiary alicyclic amines) is 1. The van der Waals surface area contributed by atoms with Crippen LogP contribution in [0.1, 0.15) is 42.5 Å². The van der Waals surface area contributed by atoms with Gasteiger partial charge in [0.05, 0.1) is 22.7 Å². The molecule has 0 atom stereocenters. The molecule has 1 aliphatic heterocycles. The van der Waals surface area contributed by atoms with Gasteiger partial charge in [-0.15, -0.1) is 0 Å². The summed E-state index contributed by atoms with van der Waals surface area (Å²) in [4.78, 5) is 27.2. The average molecular weight is 397 g/mol. The van der Waals surface area contributed by atoms with Crippen LogP contribution >= 0.6 is 0 Å². The molecular formula is C21H21F2N5O. The van der Waals surface area contributed by atoms with Crippen molar-refractivity contribution < 1.29 is 13.6 Å². The molecule has 0 spiro atoms. The number of hydrogen-bond donors (Lipinski definition) is 0. The molecule has 0 radical (unpaired) electrons. The molecule has 150 valence electrons. The largest absolute Gasteiger partial charge is 0.338 e. The van der Waals surface area contributed by atoms with E-state index in [1.54, 1.807) is 35.5 Å². The zero-order valence-electron chi connectivity index (χ0n) is 15.9. The van der Waals surface area contributed by atoms with Crippen LogP contribution in [-0.4, -0.2) is 44.8 Å². The van der Waals surface area contributed by atoms with Crippen LogP contribution < -0.4 is 0 Å². The molecule has 29 heavy (non-hydrogen) atoms. The Hall–Kier alpha value is -2.95. The first-order valence-electron chi connectivity index (χ1n) is 9.71. The van der Waals surface area contributed by atoms with Crippen LogP contribution in [0, 0.1) is 22.7 Å². The van der Waals surface area contributed by atoms with Gasteiger partial charge >= 0.3 is 0 Å². The van der Waals surface area contributed by atoms with Crippen LogP contribution in [0.25, 0.3) is 11.4 Å². The Morgan fingerprint density at radius 2 is 1.97 bits per heavy atom. The van der Waals surface area contributed by atoms with Gasteiger partial charge in [-0.25, -0.2) is 18.7 Å². The van der Waals surface area contributed by atoms with Gasteiger partial charge in [-0.3, -0.25) is 9.78 Å². The summed E-state index contributed by atoms with van der Waals surface area (Å²) >= 11 is 0. The second-order valence-corrected chi connectivity index (χ2v) is 8.01. The first kappa shape index (κ1) is 19.4. The molecule has 2 fully saturated rings. The van der Waals surface area contributed by atoms with Gasteiger partial charge < -0.3 is 4.90 Å². The fourth-order valence-corrected chi connectivity index (χ4v) is 4.36. The Bertz CT molecular complexity index is 928. The summed E-state index contributed by atoms with van der Waals surface area (Å²) < 4.78 is 26.3. The quantitative estimate of drug-likeness (QED) is 0.785. The smallest absolute Gasteiger partial charge is 0.256 e. The summed E-state index contributed by atoms with van der Waals surface area (Å²) in [6, 6.07) is 7.49. The molecule has 0 aromatic carbocycles. The predicted octanol–water partition coefficient (Wildman–Crippen LogP) is 3.72. The first-order chi connectivity index (χ1) is 13.9. The van der Waals surface area contributed by atoms with Gasteiger partial charge in [-0.1, -0.05) is 0 Å². The maximum atomic E-state index is 13.2. The van der Waals surface area contributed by atoms with E-state index in [2.05, 4.69) is 21.0 Å². The molecule has 4 rings (SSSR count). The van der Waals surface area contributed by atoms with Gasteiger partial charge in [-0.05, 0) is 43.4 Å². The topological polar surface area (TPSA) is 82.8 Å². The van der Waals surface area contributed by atoms with E-state index in [1.165, 1.54) is 6.33 Å². The molecule has 1 amide bonds. The van der Waals surface area contributed by atoms with E-state index in [0.29, 0.717) is 49.3 Å². The number of piperidine rings is 1. The molecule has 1 saturated carbocycles. The van der Waals surface area contributed by atoms with Crippen LogP contribution in [-0.2, 0) is 0 Å². The minimum absolute atomic E-state index is 0.102. The number of pyridine rings is 1. The van der Waals surface area contributed by atoms with Gasteiger partial charge in [-0.2, -0.15) is 5.26 Å². The van der Waals surface area contributed by atoms with E-state index in [1.807, 2.05) is 0 Å². The van der Waals surface area contributed by atoms with E-state index in [9.17, 15) is 18.8 Å². The van der Waals surface area contributed by atoms with Crippen molar-refractivity contribution in [1.29, 1.82) is 5.26 Å². The Kier molecular flexibility index (Phi) is 4.99. The van der Waals surface area contributed by atoms with Gasteiger partial charge in [0, 0.05) is 38.3 Å². The molecule has 6 nitrogen and oxygen atoms in total. The summed E-state index contributed by atoms with van der Waals surface area (Å²) in [7, 11) is 0. The molecule has 2 aliphatic rings. The summed E-state index contributed by atoms with van der Waals surface area (Å²) in [6.45, 7) is 0.848. The zero-order chi connectivity index (χ0) is 20.5. The highest BCUT2D eigenvalue weighted by Crippen LogP contribution is 2.49. The highest BCUT2D eigenvalue weighted by Gasteiger charge is 2.49. The molecule has 1 aliphatic carbocycles. The van der Waals surface area contributed by atoms with E-state index >= 15 is 0 Å². The van der Waals surface area contributed by atoms with Crippen molar-refractivity contribution in [3.05, 3.63) is 42.5 Å². The Morgan fingerprint density at radius 3 is 2.59 bits per heavy atom. The molecule has 2 aromatic rings. The van der Waals surface area contributed by atoms with Crippen LogP contribution in [0.2, 0.25) is 0 Å². The Balaban J connectivity index is 1.45. The van der Waals surface area contributed by atoms with E-state index in [-0.39, 0.29) is 24.7 Å². The van der Waals surface area contributed by atoms with Crippen LogP contribution in [0.15, 0.2) is 36.9 Å². The molecule has 0 bridgehead atoms. The van der Waals surface area contributed by atoms with E-state index in [4.69, 9.17) is 0 Å². The number of nitrogens with zero attached hydrogens (tertiary/aromatic N) is 5. The van der Waals surface area contributed by atoms with Gasteiger partial charge in [0.15, 0.2) is 0 Å². The van der Waals surface area contributed by atoms with Crippen molar-refractivity contribution in [2.75, 3.05) is 13.1 Å². The number of hydrogen-bond acceptors (Lipinski definition) is 5. The monoisotopic (exact) mass is 397 g/mol. The maximum Gasteiger partial charge on any atom is 0.256 e. The third-order valence-electron chi connectivity index (χ3n) is 5.96. The van der Waals surface area contributed by atoms with E-state index < -0.39 is 11.3 Å². The lowest BCUT2D eigenvalue weighted by Gasteiger charge is -2.43. The van der Waals surface area contributed by atoms with Crippen molar-refractivity contribution >= 4 is 5.91 Å². The second-order valence-electron chi connectivity index (χ2n) is 8.01.